The van der Waals surface area contributed by atoms with Gasteiger partial charge in [-0.25, -0.2) is 0 Å². The predicted octanol–water partition coefficient (Wildman–Crippen LogP) is 10.4. The van der Waals surface area contributed by atoms with Gasteiger partial charge in [-0.15, -0.1) is 0 Å². The van der Waals surface area contributed by atoms with Gasteiger partial charge in [-0.3, -0.25) is 9.59 Å². The average Bonchev–Trinajstić information content (AvgIpc) is 3.28. The highest BCUT2D eigenvalue weighted by Crippen LogP contribution is 2.23. The Bertz CT molecular complexity index is 1150. The van der Waals surface area contributed by atoms with E-state index in [4.69, 9.17) is 14.2 Å². The molecule has 0 aromatic rings. The van der Waals surface area contributed by atoms with Gasteiger partial charge in [-0.1, -0.05) is 159 Å². The number of ether oxygens (including phenoxy) is 3. The Kier molecular flexibility index (Phi) is 39.7. The molecule has 1 aliphatic rings. The number of aliphatic hydroxyl groups excluding tert-OH is 5. The van der Waals surface area contributed by atoms with Crippen LogP contribution in [0, 0.1) is 0 Å². The van der Waals surface area contributed by atoms with Crippen LogP contribution in [0.2, 0.25) is 0 Å². The van der Waals surface area contributed by atoms with Gasteiger partial charge >= 0.3 is 5.97 Å². The highest BCUT2D eigenvalue weighted by Gasteiger charge is 2.44. The van der Waals surface area contributed by atoms with Crippen molar-refractivity contribution in [2.45, 2.75) is 262 Å². The van der Waals surface area contributed by atoms with E-state index in [-0.39, 0.29) is 18.5 Å². The zero-order chi connectivity index (χ0) is 46.0. The van der Waals surface area contributed by atoms with Crippen LogP contribution >= 0.6 is 0 Å². The van der Waals surface area contributed by atoms with Crippen molar-refractivity contribution >= 4 is 11.9 Å². The third-order valence-electron chi connectivity index (χ3n) is 12.0. The van der Waals surface area contributed by atoms with Crippen molar-refractivity contribution in [2.75, 3.05) is 19.8 Å². The molecule has 1 heterocycles. The molecule has 0 spiro atoms. The number of amides is 1. The van der Waals surface area contributed by atoms with Crippen LogP contribution in [-0.4, -0.2) is 100 Å². The molecule has 6 N–H and O–H groups in total. The lowest BCUT2D eigenvalue weighted by atomic mass is 9.99. The van der Waals surface area contributed by atoms with Crippen LogP contribution in [0.4, 0.5) is 0 Å². The number of esters is 1. The van der Waals surface area contributed by atoms with Gasteiger partial charge in [0.1, 0.15) is 24.4 Å². The summed E-state index contributed by atoms with van der Waals surface area (Å²) in [4.78, 5) is 25.0. The summed E-state index contributed by atoms with van der Waals surface area (Å²) < 4.78 is 16.6. The first kappa shape index (κ1) is 58.9. The van der Waals surface area contributed by atoms with Crippen LogP contribution in [0.15, 0.2) is 36.5 Å². The molecular formula is C52H95NO10. The Morgan fingerprint density at radius 2 is 1.02 bits per heavy atom. The van der Waals surface area contributed by atoms with E-state index >= 15 is 0 Å². The molecule has 1 amide bonds. The zero-order valence-corrected chi connectivity index (χ0v) is 40.0. The number of rotatable bonds is 43. The van der Waals surface area contributed by atoms with Crippen LogP contribution in [-0.2, 0) is 23.8 Å². The van der Waals surface area contributed by atoms with E-state index in [9.17, 15) is 35.1 Å². The van der Waals surface area contributed by atoms with Crippen molar-refractivity contribution in [3.8, 4) is 0 Å². The van der Waals surface area contributed by atoms with E-state index < -0.39 is 49.5 Å². The monoisotopic (exact) mass is 894 g/mol. The van der Waals surface area contributed by atoms with Crippen LogP contribution in [0.5, 0.6) is 0 Å². The van der Waals surface area contributed by atoms with E-state index in [0.29, 0.717) is 25.9 Å². The number of hydrogen-bond acceptors (Lipinski definition) is 10. The van der Waals surface area contributed by atoms with E-state index in [1.165, 1.54) is 103 Å². The summed E-state index contributed by atoms with van der Waals surface area (Å²) in [6.07, 6.45) is 39.5. The maximum absolute atomic E-state index is 12.9. The van der Waals surface area contributed by atoms with Gasteiger partial charge in [0.15, 0.2) is 6.29 Å². The van der Waals surface area contributed by atoms with Gasteiger partial charge in [0, 0.05) is 12.8 Å². The Labute approximate surface area is 383 Å². The molecule has 11 nitrogen and oxygen atoms in total. The van der Waals surface area contributed by atoms with Gasteiger partial charge in [-0.2, -0.15) is 0 Å². The third kappa shape index (κ3) is 33.1. The lowest BCUT2D eigenvalue weighted by Crippen LogP contribution is -2.60. The highest BCUT2D eigenvalue weighted by atomic mass is 16.7. The van der Waals surface area contributed by atoms with Crippen molar-refractivity contribution in [3.05, 3.63) is 36.5 Å². The average molecular weight is 894 g/mol. The molecule has 1 aliphatic heterocycles. The first-order valence-electron chi connectivity index (χ1n) is 25.8. The molecule has 0 saturated carbocycles. The smallest absolute Gasteiger partial charge is 0.305 e. The molecule has 11 heteroatoms. The summed E-state index contributed by atoms with van der Waals surface area (Å²) in [5, 5.41) is 54.0. The fraction of sp³-hybridized carbons (Fsp3) is 0.846. The Morgan fingerprint density at radius 1 is 0.571 bits per heavy atom. The molecule has 0 aliphatic carbocycles. The van der Waals surface area contributed by atoms with Crippen LogP contribution in [0.25, 0.3) is 0 Å². The molecule has 0 aromatic carbocycles. The lowest BCUT2D eigenvalue weighted by molar-refractivity contribution is -0.302. The number of carbonyl (C=O) groups is 2. The SMILES string of the molecule is CCCCCCCC/C=C\CCCCCCCC(=O)OCCCC/C=C\CCCCCCCC(=O)NC(COC1OC(CO)C(O)C(O)C1O)C(O)/C=C/CCCCCCCCC. The number of carbonyl (C=O) groups excluding carboxylic acids is 2. The molecular weight excluding hydrogens is 799 g/mol. The minimum Gasteiger partial charge on any atom is -0.466 e. The number of hydrogen-bond donors (Lipinski definition) is 6. The lowest BCUT2D eigenvalue weighted by Gasteiger charge is -2.40. The molecule has 63 heavy (non-hydrogen) atoms. The van der Waals surface area contributed by atoms with Crippen molar-refractivity contribution in [2.24, 2.45) is 0 Å². The summed E-state index contributed by atoms with van der Waals surface area (Å²) in [6.45, 7) is 4.18. The second kappa shape index (κ2) is 42.5. The second-order valence-electron chi connectivity index (χ2n) is 17.9. The zero-order valence-electron chi connectivity index (χ0n) is 40.0. The summed E-state index contributed by atoms with van der Waals surface area (Å²) in [5.41, 5.74) is 0. The third-order valence-corrected chi connectivity index (χ3v) is 12.0. The molecule has 0 aromatic heterocycles. The van der Waals surface area contributed by atoms with Crippen molar-refractivity contribution in [3.63, 3.8) is 0 Å². The number of allylic oxidation sites excluding steroid dienone is 5. The topological polar surface area (TPSA) is 175 Å². The maximum Gasteiger partial charge on any atom is 0.305 e. The van der Waals surface area contributed by atoms with Gasteiger partial charge in [0.2, 0.25) is 5.91 Å². The maximum atomic E-state index is 12.9. The molecule has 1 saturated heterocycles. The van der Waals surface area contributed by atoms with Crippen molar-refractivity contribution in [1.29, 1.82) is 0 Å². The number of unbranched alkanes of at least 4 members (excludes halogenated alkanes) is 25. The van der Waals surface area contributed by atoms with E-state index in [1.807, 2.05) is 6.08 Å². The Balaban J connectivity index is 2.16. The van der Waals surface area contributed by atoms with Gasteiger partial charge in [0.25, 0.3) is 0 Å². The minimum atomic E-state index is -1.58. The Hall–Kier alpha value is -2.12. The van der Waals surface area contributed by atoms with Gasteiger partial charge in [-0.05, 0) is 83.5 Å². The largest absolute Gasteiger partial charge is 0.466 e. The molecule has 0 bridgehead atoms. The first-order valence-corrected chi connectivity index (χ1v) is 25.8. The summed E-state index contributed by atoms with van der Waals surface area (Å²) in [7, 11) is 0. The molecule has 1 fully saturated rings. The first-order chi connectivity index (χ1) is 30.7. The van der Waals surface area contributed by atoms with E-state index in [1.54, 1.807) is 6.08 Å². The van der Waals surface area contributed by atoms with E-state index in [0.717, 1.165) is 83.5 Å². The molecule has 368 valence electrons. The fourth-order valence-electron chi connectivity index (χ4n) is 7.77. The van der Waals surface area contributed by atoms with Crippen LogP contribution in [0.1, 0.15) is 219 Å². The fourth-order valence-corrected chi connectivity index (χ4v) is 7.77. The molecule has 0 radical (unpaired) electrons. The van der Waals surface area contributed by atoms with Crippen molar-refractivity contribution < 1.29 is 49.3 Å². The highest BCUT2D eigenvalue weighted by molar-refractivity contribution is 5.76. The normalized spacial score (nSPS) is 20.3. The summed E-state index contributed by atoms with van der Waals surface area (Å²) >= 11 is 0. The van der Waals surface area contributed by atoms with Gasteiger partial charge < -0.3 is 45.1 Å². The predicted molar refractivity (Wildman–Crippen MR) is 255 cm³/mol. The number of aliphatic hydroxyl groups is 5. The molecule has 7 unspecified atom stereocenters. The number of nitrogens with one attached hydrogen (secondary N) is 1. The van der Waals surface area contributed by atoms with Crippen LogP contribution in [0.3, 0.4) is 0 Å². The molecule has 1 rings (SSSR count). The quantitative estimate of drug-likeness (QED) is 0.0196. The summed E-state index contributed by atoms with van der Waals surface area (Å²) in [6, 6.07) is -0.830. The van der Waals surface area contributed by atoms with Crippen molar-refractivity contribution in [1.82, 2.24) is 5.32 Å². The van der Waals surface area contributed by atoms with E-state index in [2.05, 4.69) is 43.5 Å². The van der Waals surface area contributed by atoms with Crippen LogP contribution < -0.4 is 5.32 Å². The molecule has 7 atom stereocenters. The summed E-state index contributed by atoms with van der Waals surface area (Å²) in [5.74, 6) is -0.281. The van der Waals surface area contributed by atoms with Gasteiger partial charge in [0.05, 0.1) is 32.0 Å². The second-order valence-corrected chi connectivity index (χ2v) is 17.9. The standard InChI is InChI=1S/C52H95NO10/c1-3-5-7-9-11-13-14-15-16-17-20-24-28-32-36-40-48(57)61-41-37-33-29-25-21-18-19-23-27-31-35-39-47(56)53-44(45(55)38-34-30-26-22-12-10-8-6-4-2)43-62-52-51(60)50(59)49(58)46(42-54)63-52/h15-16,21,25,34,38,44-46,49-52,54-55,58-60H,3-14,17-20,22-24,26-33,35-37,39-43H2,1-2H3,(H,53,56)/b16-15-,25-21-,38-34+. The Morgan fingerprint density at radius 3 is 1.52 bits per heavy atom. The minimum absolute atomic E-state index is 0.0662.